The lowest BCUT2D eigenvalue weighted by atomic mass is 10.1. The molecule has 0 saturated carbocycles. The molecule has 0 N–H and O–H groups in total. The van der Waals surface area contributed by atoms with Crippen LogP contribution in [0.1, 0.15) is 29.0 Å². The first-order chi connectivity index (χ1) is 12.6. The van der Waals surface area contributed by atoms with E-state index in [1.165, 1.54) is 0 Å². The quantitative estimate of drug-likeness (QED) is 0.818. The topological polar surface area (TPSA) is 73.8 Å². The van der Waals surface area contributed by atoms with Crippen LogP contribution in [0.5, 0.6) is 17.4 Å². The van der Waals surface area contributed by atoms with E-state index in [1.54, 1.807) is 49.6 Å². The number of amides is 1. The molecule has 1 aromatic heterocycles. The molecule has 7 nitrogen and oxygen atoms in total. The summed E-state index contributed by atoms with van der Waals surface area (Å²) in [4.78, 5) is 23.1. The zero-order valence-corrected chi connectivity index (χ0v) is 15.3. The minimum Gasteiger partial charge on any atom is -0.497 e. The average Bonchev–Trinajstić information content (AvgIpc) is 2.67. The van der Waals surface area contributed by atoms with Crippen molar-refractivity contribution < 1.29 is 19.0 Å². The third-order valence-corrected chi connectivity index (χ3v) is 4.30. The second-order valence-corrected chi connectivity index (χ2v) is 6.18. The van der Waals surface area contributed by atoms with Crippen LogP contribution in [0.25, 0.3) is 0 Å². The number of rotatable bonds is 5. The Morgan fingerprint density at radius 1 is 1.19 bits per heavy atom. The lowest BCUT2D eigenvalue weighted by Crippen LogP contribution is -2.44. The zero-order chi connectivity index (χ0) is 18.5. The summed E-state index contributed by atoms with van der Waals surface area (Å²) < 4.78 is 16.5. The number of carbonyl (C=O) groups excluding carboxylic acids is 1. The van der Waals surface area contributed by atoms with Gasteiger partial charge in [-0.3, -0.25) is 4.79 Å². The molecular formula is C19H23N3O4. The van der Waals surface area contributed by atoms with Crippen molar-refractivity contribution >= 4 is 5.91 Å². The maximum Gasteiger partial charge on any atom is 0.254 e. The van der Waals surface area contributed by atoms with Crippen molar-refractivity contribution in [3.63, 3.8) is 0 Å². The van der Waals surface area contributed by atoms with E-state index in [0.717, 1.165) is 12.8 Å². The number of aromatic nitrogens is 2. The highest BCUT2D eigenvalue weighted by atomic mass is 16.5. The van der Waals surface area contributed by atoms with Gasteiger partial charge in [0, 0.05) is 30.4 Å². The van der Waals surface area contributed by atoms with Gasteiger partial charge < -0.3 is 19.1 Å². The predicted molar refractivity (Wildman–Crippen MR) is 95.9 cm³/mol. The Kier molecular flexibility index (Phi) is 5.55. The number of nitrogens with zero attached hydrogens (tertiary/aromatic N) is 3. The highest BCUT2D eigenvalue weighted by Gasteiger charge is 2.26. The molecule has 1 amide bonds. The number of hydrogen-bond donors (Lipinski definition) is 0. The van der Waals surface area contributed by atoms with E-state index in [1.807, 2.05) is 6.92 Å². The minimum atomic E-state index is -0.0884. The first-order valence-corrected chi connectivity index (χ1v) is 8.57. The van der Waals surface area contributed by atoms with Crippen LogP contribution in [0.15, 0.2) is 30.5 Å². The molecule has 1 fully saturated rings. The summed E-state index contributed by atoms with van der Waals surface area (Å²) in [5.41, 5.74) is 0.541. The molecule has 2 heterocycles. The van der Waals surface area contributed by atoms with Crippen molar-refractivity contribution in [1.29, 1.82) is 0 Å². The molecule has 0 bridgehead atoms. The molecule has 0 radical (unpaired) electrons. The molecular weight excluding hydrogens is 334 g/mol. The highest BCUT2D eigenvalue weighted by molar-refractivity contribution is 5.95. The van der Waals surface area contributed by atoms with Gasteiger partial charge in [0.15, 0.2) is 0 Å². The molecule has 1 aliphatic heterocycles. The zero-order valence-electron chi connectivity index (χ0n) is 15.3. The Labute approximate surface area is 152 Å². The molecule has 2 aromatic rings. The van der Waals surface area contributed by atoms with Crippen molar-refractivity contribution in [1.82, 2.24) is 14.9 Å². The van der Waals surface area contributed by atoms with Crippen LogP contribution in [-0.2, 0) is 0 Å². The van der Waals surface area contributed by atoms with Gasteiger partial charge in [0.05, 0.1) is 20.8 Å². The van der Waals surface area contributed by atoms with Crippen molar-refractivity contribution in [3.8, 4) is 17.4 Å². The first kappa shape index (κ1) is 18.0. The normalized spacial score (nSPS) is 16.9. The predicted octanol–water partition coefficient (Wildman–Crippen LogP) is 2.49. The van der Waals surface area contributed by atoms with Gasteiger partial charge in [-0.1, -0.05) is 0 Å². The maximum atomic E-state index is 12.9. The second kappa shape index (κ2) is 8.03. The van der Waals surface area contributed by atoms with Crippen LogP contribution in [0.4, 0.5) is 0 Å². The number of piperidine rings is 1. The van der Waals surface area contributed by atoms with E-state index in [0.29, 0.717) is 41.9 Å². The van der Waals surface area contributed by atoms with E-state index < -0.39 is 0 Å². The summed E-state index contributed by atoms with van der Waals surface area (Å²) in [7, 11) is 3.13. The SMILES string of the molecule is COc1cc(OC)cc(C(=O)N2CCCC(Oc3ccnc(C)n3)C2)c1. The average molecular weight is 357 g/mol. The molecule has 1 atom stereocenters. The molecule has 3 rings (SSSR count). The number of benzene rings is 1. The van der Waals surface area contributed by atoms with Crippen molar-refractivity contribution in [2.24, 2.45) is 0 Å². The van der Waals surface area contributed by atoms with Gasteiger partial charge in [-0.15, -0.1) is 0 Å². The van der Waals surface area contributed by atoms with Crippen LogP contribution < -0.4 is 14.2 Å². The number of ether oxygens (including phenoxy) is 3. The van der Waals surface area contributed by atoms with Crippen LogP contribution in [0.3, 0.4) is 0 Å². The van der Waals surface area contributed by atoms with Gasteiger partial charge in [0.25, 0.3) is 5.91 Å². The van der Waals surface area contributed by atoms with Crippen LogP contribution in [0, 0.1) is 6.92 Å². The third-order valence-electron chi connectivity index (χ3n) is 4.30. The molecule has 0 aliphatic carbocycles. The van der Waals surface area contributed by atoms with Gasteiger partial charge in [0.1, 0.15) is 23.4 Å². The Morgan fingerprint density at radius 3 is 2.58 bits per heavy atom. The number of carbonyl (C=O) groups is 1. The van der Waals surface area contributed by atoms with Gasteiger partial charge in [-0.2, -0.15) is 4.98 Å². The maximum absolute atomic E-state index is 12.9. The summed E-state index contributed by atoms with van der Waals surface area (Å²) in [6.07, 6.45) is 3.34. The number of aryl methyl sites for hydroxylation is 1. The van der Waals surface area contributed by atoms with E-state index in [2.05, 4.69) is 9.97 Å². The van der Waals surface area contributed by atoms with Gasteiger partial charge in [-0.05, 0) is 31.9 Å². The lowest BCUT2D eigenvalue weighted by Gasteiger charge is -2.32. The Morgan fingerprint density at radius 2 is 1.92 bits per heavy atom. The van der Waals surface area contributed by atoms with Crippen molar-refractivity contribution in [3.05, 3.63) is 41.9 Å². The first-order valence-electron chi connectivity index (χ1n) is 8.57. The van der Waals surface area contributed by atoms with E-state index >= 15 is 0 Å². The molecule has 1 aromatic carbocycles. The summed E-state index contributed by atoms with van der Waals surface area (Å²) >= 11 is 0. The van der Waals surface area contributed by atoms with Crippen LogP contribution in [-0.4, -0.2) is 54.2 Å². The molecule has 7 heteroatoms. The Bertz CT molecular complexity index is 759. The number of methoxy groups -OCH3 is 2. The monoisotopic (exact) mass is 357 g/mol. The summed E-state index contributed by atoms with van der Waals surface area (Å²) in [6.45, 7) is 3.03. The molecule has 1 unspecified atom stereocenters. The van der Waals surface area contributed by atoms with Crippen molar-refractivity contribution in [2.75, 3.05) is 27.3 Å². The molecule has 1 aliphatic rings. The highest BCUT2D eigenvalue weighted by Crippen LogP contribution is 2.25. The van der Waals surface area contributed by atoms with Gasteiger partial charge in [0.2, 0.25) is 5.88 Å². The Balaban J connectivity index is 1.71. The van der Waals surface area contributed by atoms with Crippen LogP contribution >= 0.6 is 0 Å². The number of hydrogen-bond acceptors (Lipinski definition) is 6. The largest absolute Gasteiger partial charge is 0.497 e. The van der Waals surface area contributed by atoms with Gasteiger partial charge >= 0.3 is 0 Å². The number of likely N-dealkylation sites (tertiary alicyclic amines) is 1. The smallest absolute Gasteiger partial charge is 0.254 e. The fraction of sp³-hybridized carbons (Fsp3) is 0.421. The second-order valence-electron chi connectivity index (χ2n) is 6.18. The molecule has 26 heavy (non-hydrogen) atoms. The lowest BCUT2D eigenvalue weighted by molar-refractivity contribution is 0.0526. The minimum absolute atomic E-state index is 0.0608. The molecule has 0 spiro atoms. The van der Waals surface area contributed by atoms with E-state index in [9.17, 15) is 4.79 Å². The van der Waals surface area contributed by atoms with E-state index in [4.69, 9.17) is 14.2 Å². The molecule has 138 valence electrons. The van der Waals surface area contributed by atoms with Crippen LogP contribution in [0.2, 0.25) is 0 Å². The van der Waals surface area contributed by atoms with Gasteiger partial charge in [-0.25, -0.2) is 4.98 Å². The standard InChI is InChI=1S/C19H23N3O4/c1-13-20-7-6-18(21-13)26-15-5-4-8-22(12-15)19(23)14-9-16(24-2)11-17(10-14)25-3/h6-7,9-11,15H,4-5,8,12H2,1-3H3. The summed E-state index contributed by atoms with van der Waals surface area (Å²) in [6, 6.07) is 6.93. The fourth-order valence-electron chi connectivity index (χ4n) is 3.00. The fourth-order valence-corrected chi connectivity index (χ4v) is 3.00. The summed E-state index contributed by atoms with van der Waals surface area (Å²) in [5.74, 6) is 2.33. The molecule has 1 saturated heterocycles. The summed E-state index contributed by atoms with van der Waals surface area (Å²) in [5, 5.41) is 0. The third kappa shape index (κ3) is 4.22. The Hall–Kier alpha value is -2.83. The van der Waals surface area contributed by atoms with Crippen molar-refractivity contribution in [2.45, 2.75) is 25.9 Å². The van der Waals surface area contributed by atoms with E-state index in [-0.39, 0.29) is 12.0 Å².